The zero-order chi connectivity index (χ0) is 13.4. The topological polar surface area (TPSA) is 91.8 Å². The van der Waals surface area contributed by atoms with Gasteiger partial charge in [-0.3, -0.25) is 14.9 Å². The molecule has 0 spiro atoms. The zero-order valence-electron chi connectivity index (χ0n) is 9.70. The molecule has 0 bridgehead atoms. The number of ether oxygens (including phenoxy) is 2. The molecule has 7 heteroatoms. The van der Waals surface area contributed by atoms with Gasteiger partial charge in [-0.05, 0) is 6.07 Å². The van der Waals surface area contributed by atoms with E-state index in [1.54, 1.807) is 0 Å². The van der Waals surface area contributed by atoms with Crippen LogP contribution in [0.2, 0.25) is 0 Å². The molecule has 1 aliphatic rings. The number of rotatable bonds is 2. The summed E-state index contributed by atoms with van der Waals surface area (Å²) in [5.41, 5.74) is -0.0371. The summed E-state index contributed by atoms with van der Waals surface area (Å²) >= 11 is 0. The Hall–Kier alpha value is -2.25. The van der Waals surface area contributed by atoms with Crippen LogP contribution in [0.25, 0.3) is 11.0 Å². The van der Waals surface area contributed by atoms with Crippen molar-refractivity contribution in [3.63, 3.8) is 0 Å². The van der Waals surface area contributed by atoms with Gasteiger partial charge in [-0.25, -0.2) is 0 Å². The molecule has 0 amide bonds. The second-order valence-electron chi connectivity index (χ2n) is 4.03. The second-order valence-corrected chi connectivity index (χ2v) is 4.03. The number of nitrogens with zero attached hydrogens (tertiary/aromatic N) is 1. The van der Waals surface area contributed by atoms with Gasteiger partial charge in [0.05, 0.1) is 29.1 Å². The van der Waals surface area contributed by atoms with Gasteiger partial charge >= 0.3 is 0 Å². The van der Waals surface area contributed by atoms with E-state index in [1.165, 1.54) is 24.5 Å². The van der Waals surface area contributed by atoms with Crippen molar-refractivity contribution in [2.75, 3.05) is 13.2 Å². The van der Waals surface area contributed by atoms with Crippen LogP contribution in [-0.2, 0) is 9.47 Å². The van der Waals surface area contributed by atoms with Gasteiger partial charge in [0.25, 0.3) is 5.69 Å². The molecule has 1 aromatic carbocycles. The summed E-state index contributed by atoms with van der Waals surface area (Å²) in [6.45, 7) is 0.800. The molecule has 2 aromatic rings. The first-order valence-corrected chi connectivity index (χ1v) is 5.60. The van der Waals surface area contributed by atoms with E-state index in [2.05, 4.69) is 0 Å². The summed E-state index contributed by atoms with van der Waals surface area (Å²) in [7, 11) is 0. The Labute approximate surface area is 106 Å². The van der Waals surface area contributed by atoms with Gasteiger partial charge in [0, 0.05) is 12.1 Å². The van der Waals surface area contributed by atoms with Crippen molar-refractivity contribution in [2.45, 2.75) is 6.29 Å². The Morgan fingerprint density at radius 3 is 2.68 bits per heavy atom. The van der Waals surface area contributed by atoms with Gasteiger partial charge in [0.1, 0.15) is 11.8 Å². The van der Waals surface area contributed by atoms with Gasteiger partial charge in [-0.15, -0.1) is 0 Å². The molecule has 1 aliphatic heterocycles. The molecule has 1 saturated heterocycles. The monoisotopic (exact) mass is 263 g/mol. The molecule has 0 atom stereocenters. The van der Waals surface area contributed by atoms with Crippen LogP contribution in [0, 0.1) is 10.1 Å². The standard InChI is InChI=1S/C12H9NO6/c14-11-8-5-7(13(15)16)1-2-10(8)19-6-9(11)12-17-3-4-18-12/h1-2,5-6,12H,3-4H2. The van der Waals surface area contributed by atoms with Crippen LogP contribution in [0.5, 0.6) is 0 Å². The molecular formula is C12H9NO6. The minimum atomic E-state index is -0.764. The molecule has 0 N–H and O–H groups in total. The number of hydrogen-bond acceptors (Lipinski definition) is 6. The fourth-order valence-corrected chi connectivity index (χ4v) is 1.95. The number of nitro groups is 1. The number of nitro benzene ring substituents is 1. The molecule has 2 heterocycles. The van der Waals surface area contributed by atoms with E-state index in [0.29, 0.717) is 13.2 Å². The predicted molar refractivity (Wildman–Crippen MR) is 63.8 cm³/mol. The summed E-state index contributed by atoms with van der Waals surface area (Å²) in [4.78, 5) is 22.4. The third-order valence-electron chi connectivity index (χ3n) is 2.87. The minimum Gasteiger partial charge on any atom is -0.464 e. The average Bonchev–Trinajstić information content (AvgIpc) is 2.92. The van der Waals surface area contributed by atoms with Crippen LogP contribution >= 0.6 is 0 Å². The maximum absolute atomic E-state index is 12.2. The van der Waals surface area contributed by atoms with Gasteiger partial charge in [0.15, 0.2) is 6.29 Å². The minimum absolute atomic E-state index is 0.144. The highest BCUT2D eigenvalue weighted by atomic mass is 16.7. The zero-order valence-corrected chi connectivity index (χ0v) is 9.70. The molecule has 0 radical (unpaired) electrons. The van der Waals surface area contributed by atoms with Gasteiger partial charge in [-0.1, -0.05) is 0 Å². The van der Waals surface area contributed by atoms with Crippen molar-refractivity contribution >= 4 is 16.7 Å². The van der Waals surface area contributed by atoms with Crippen molar-refractivity contribution in [1.82, 2.24) is 0 Å². The maximum atomic E-state index is 12.2. The molecule has 0 aliphatic carbocycles. The number of hydrogen-bond donors (Lipinski definition) is 0. The summed E-state index contributed by atoms with van der Waals surface area (Å²) in [5, 5.41) is 10.9. The summed E-state index contributed by atoms with van der Waals surface area (Å²) < 4.78 is 15.7. The molecule has 3 rings (SSSR count). The highest BCUT2D eigenvalue weighted by molar-refractivity contribution is 5.79. The Morgan fingerprint density at radius 2 is 2.00 bits per heavy atom. The molecular weight excluding hydrogens is 254 g/mol. The normalized spacial score (nSPS) is 16.0. The van der Waals surface area contributed by atoms with Crippen LogP contribution < -0.4 is 5.43 Å². The van der Waals surface area contributed by atoms with Crippen LogP contribution in [-0.4, -0.2) is 18.1 Å². The predicted octanol–water partition coefficient (Wildman–Crippen LogP) is 1.75. The molecule has 1 aromatic heterocycles. The van der Waals surface area contributed by atoms with Crippen LogP contribution in [0.15, 0.2) is 33.7 Å². The lowest BCUT2D eigenvalue weighted by Crippen LogP contribution is -2.14. The van der Waals surface area contributed by atoms with Crippen molar-refractivity contribution in [3.8, 4) is 0 Å². The molecule has 98 valence electrons. The fourth-order valence-electron chi connectivity index (χ4n) is 1.95. The number of fused-ring (bicyclic) bond motifs is 1. The van der Waals surface area contributed by atoms with Crippen molar-refractivity contribution in [1.29, 1.82) is 0 Å². The van der Waals surface area contributed by atoms with Crippen LogP contribution in [0.1, 0.15) is 11.9 Å². The van der Waals surface area contributed by atoms with E-state index in [9.17, 15) is 14.9 Å². The van der Waals surface area contributed by atoms with Crippen LogP contribution in [0.4, 0.5) is 5.69 Å². The Bertz CT molecular complexity index is 701. The van der Waals surface area contributed by atoms with E-state index in [-0.39, 0.29) is 27.6 Å². The summed E-state index contributed by atoms with van der Waals surface area (Å²) in [5.74, 6) is 0. The van der Waals surface area contributed by atoms with Gasteiger partial charge in [-0.2, -0.15) is 0 Å². The molecule has 19 heavy (non-hydrogen) atoms. The molecule has 0 unspecified atom stereocenters. The Kier molecular flexibility index (Phi) is 2.77. The van der Waals surface area contributed by atoms with Gasteiger partial charge < -0.3 is 13.9 Å². The highest BCUT2D eigenvalue weighted by Gasteiger charge is 2.23. The quantitative estimate of drug-likeness (QED) is 0.605. The first kappa shape index (κ1) is 11.8. The van der Waals surface area contributed by atoms with Crippen molar-refractivity contribution in [2.24, 2.45) is 0 Å². The SMILES string of the molecule is O=c1c(C2OCCO2)coc2ccc([N+](=O)[O-])cc12. The van der Waals surface area contributed by atoms with E-state index < -0.39 is 11.2 Å². The van der Waals surface area contributed by atoms with Crippen LogP contribution in [0.3, 0.4) is 0 Å². The summed E-state index contributed by atoms with van der Waals surface area (Å²) in [6, 6.07) is 3.88. The lowest BCUT2D eigenvalue weighted by Gasteiger charge is -2.08. The lowest BCUT2D eigenvalue weighted by molar-refractivity contribution is -0.384. The molecule has 0 saturated carbocycles. The number of non-ortho nitro benzene ring substituents is 1. The number of benzene rings is 1. The maximum Gasteiger partial charge on any atom is 0.270 e. The summed E-state index contributed by atoms with van der Waals surface area (Å²) in [6.07, 6.45) is 0.506. The first-order valence-electron chi connectivity index (χ1n) is 5.60. The largest absolute Gasteiger partial charge is 0.464 e. The second kappa shape index (κ2) is 4.45. The Balaban J connectivity index is 2.19. The van der Waals surface area contributed by atoms with Crippen molar-refractivity contribution in [3.05, 3.63) is 50.4 Å². The highest BCUT2D eigenvalue weighted by Crippen LogP contribution is 2.24. The molecule has 7 nitrogen and oxygen atoms in total. The van der Waals surface area contributed by atoms with Gasteiger partial charge in [0.2, 0.25) is 5.43 Å². The average molecular weight is 263 g/mol. The smallest absolute Gasteiger partial charge is 0.270 e. The van der Waals surface area contributed by atoms with Crippen molar-refractivity contribution < 1.29 is 18.8 Å². The van der Waals surface area contributed by atoms with E-state index in [0.717, 1.165) is 0 Å². The lowest BCUT2D eigenvalue weighted by atomic mass is 10.1. The van der Waals surface area contributed by atoms with E-state index in [4.69, 9.17) is 13.9 Å². The molecule has 1 fully saturated rings. The first-order chi connectivity index (χ1) is 9.16. The van der Waals surface area contributed by atoms with E-state index in [1.807, 2.05) is 0 Å². The van der Waals surface area contributed by atoms with E-state index >= 15 is 0 Å². The third kappa shape index (κ3) is 1.98. The fraction of sp³-hybridized carbons (Fsp3) is 0.250. The third-order valence-corrected chi connectivity index (χ3v) is 2.87. The Morgan fingerprint density at radius 1 is 1.26 bits per heavy atom.